The highest BCUT2D eigenvalue weighted by molar-refractivity contribution is 5.98. The second-order valence-electron chi connectivity index (χ2n) is 10.5. The summed E-state index contributed by atoms with van der Waals surface area (Å²) in [6, 6.07) is 6.24. The Morgan fingerprint density at radius 3 is 2.73 bits per heavy atom. The van der Waals surface area contributed by atoms with Gasteiger partial charge in [-0.15, -0.1) is 0 Å². The van der Waals surface area contributed by atoms with E-state index in [-0.39, 0.29) is 0 Å². The summed E-state index contributed by atoms with van der Waals surface area (Å²) in [5, 5.41) is 16.7. The number of anilines is 1. The van der Waals surface area contributed by atoms with E-state index in [1.807, 2.05) is 48.7 Å². The average molecular weight is 531 g/mol. The SMILES string of the molecule is C=C(CC1CCNCC1)Nc1cncc(-c2cc3c(-c4cc5c(-n6cnc(C)c6)cncc5[nH]4)n[nH]c3cn2)c1. The van der Waals surface area contributed by atoms with Crippen molar-refractivity contribution in [1.82, 2.24) is 45.0 Å². The normalized spacial score (nSPS) is 14.2. The number of allylic oxidation sites excluding steroid dienone is 1. The molecule has 0 radical (unpaired) electrons. The van der Waals surface area contributed by atoms with Crippen molar-refractivity contribution in [3.63, 3.8) is 0 Å². The van der Waals surface area contributed by atoms with E-state index < -0.39 is 0 Å². The zero-order valence-corrected chi connectivity index (χ0v) is 22.3. The second-order valence-corrected chi connectivity index (χ2v) is 10.5. The van der Waals surface area contributed by atoms with E-state index in [9.17, 15) is 0 Å². The quantitative estimate of drug-likeness (QED) is 0.219. The van der Waals surface area contributed by atoms with Crippen molar-refractivity contribution in [3.05, 3.63) is 79.7 Å². The third-order valence-electron chi connectivity index (χ3n) is 7.57. The van der Waals surface area contributed by atoms with Crippen LogP contribution in [0.1, 0.15) is 25.0 Å². The number of nitrogens with one attached hydrogen (secondary N) is 4. The standard InChI is InChI=1S/C30H30N10/c1-18(7-20-3-5-31-6-4-20)36-22-8-21(11-32-12-22)25-10-24-28(14-34-25)38-39-30(24)26-9-23-27(37-26)13-33-15-29(23)40-16-19(2)35-17-40/h8-17,20,31,36-37H,1,3-7H2,2H3,(H,38,39). The van der Waals surface area contributed by atoms with Crippen molar-refractivity contribution < 1.29 is 0 Å². The van der Waals surface area contributed by atoms with E-state index in [1.165, 1.54) is 12.8 Å². The molecule has 1 saturated heterocycles. The fourth-order valence-electron chi connectivity index (χ4n) is 5.54. The number of fused-ring (bicyclic) bond motifs is 2. The van der Waals surface area contributed by atoms with Crippen LogP contribution in [0.3, 0.4) is 0 Å². The van der Waals surface area contributed by atoms with E-state index in [0.717, 1.165) is 86.7 Å². The third kappa shape index (κ3) is 4.62. The molecule has 0 saturated carbocycles. The summed E-state index contributed by atoms with van der Waals surface area (Å²) in [7, 11) is 0. The lowest BCUT2D eigenvalue weighted by Gasteiger charge is -2.23. The van der Waals surface area contributed by atoms with Crippen molar-refractivity contribution >= 4 is 27.5 Å². The molecule has 0 spiro atoms. The number of nitrogens with zero attached hydrogens (tertiary/aromatic N) is 6. The minimum absolute atomic E-state index is 0.668. The number of H-pyrrole nitrogens is 2. The largest absolute Gasteiger partial charge is 0.358 e. The van der Waals surface area contributed by atoms with Crippen LogP contribution in [0.25, 0.3) is 50.1 Å². The Kier molecular flexibility index (Phi) is 6.09. The number of aromatic amines is 2. The molecule has 1 fully saturated rings. The Hall–Kier alpha value is -4.83. The van der Waals surface area contributed by atoms with Gasteiger partial charge in [0.25, 0.3) is 0 Å². The zero-order chi connectivity index (χ0) is 27.1. The summed E-state index contributed by atoms with van der Waals surface area (Å²) in [6.07, 6.45) is 16.3. The minimum Gasteiger partial charge on any atom is -0.358 e. The van der Waals surface area contributed by atoms with Crippen molar-refractivity contribution in [2.45, 2.75) is 26.2 Å². The molecule has 10 nitrogen and oxygen atoms in total. The van der Waals surface area contributed by atoms with Gasteiger partial charge in [-0.05, 0) is 63.4 Å². The number of hydrogen-bond donors (Lipinski definition) is 4. The Bertz CT molecular complexity index is 1840. The molecule has 0 atom stereocenters. The van der Waals surface area contributed by atoms with Gasteiger partial charge in [0.05, 0.1) is 70.6 Å². The van der Waals surface area contributed by atoms with Gasteiger partial charge in [-0.3, -0.25) is 20.1 Å². The van der Waals surface area contributed by atoms with Crippen LogP contribution < -0.4 is 10.6 Å². The first-order valence-corrected chi connectivity index (χ1v) is 13.5. The lowest BCUT2D eigenvalue weighted by molar-refractivity contribution is 0.373. The molecule has 200 valence electrons. The number of piperidine rings is 1. The molecule has 7 heterocycles. The molecule has 10 heteroatoms. The monoisotopic (exact) mass is 530 g/mol. The zero-order valence-electron chi connectivity index (χ0n) is 22.3. The van der Waals surface area contributed by atoms with Gasteiger partial charge in [0, 0.05) is 34.4 Å². The molecule has 0 amide bonds. The number of aryl methyl sites for hydroxylation is 1. The van der Waals surface area contributed by atoms with Crippen molar-refractivity contribution in [2.75, 3.05) is 18.4 Å². The Labute approximate surface area is 231 Å². The molecular weight excluding hydrogens is 500 g/mol. The van der Waals surface area contributed by atoms with Gasteiger partial charge in [0.1, 0.15) is 5.69 Å². The number of hydrogen-bond acceptors (Lipinski definition) is 7. The van der Waals surface area contributed by atoms with E-state index >= 15 is 0 Å². The summed E-state index contributed by atoms with van der Waals surface area (Å²) in [4.78, 5) is 21.5. The Morgan fingerprint density at radius 2 is 1.88 bits per heavy atom. The van der Waals surface area contributed by atoms with Gasteiger partial charge in [0.15, 0.2) is 0 Å². The van der Waals surface area contributed by atoms with Gasteiger partial charge in [-0.25, -0.2) is 4.98 Å². The molecule has 7 rings (SSSR count). The predicted molar refractivity (Wildman–Crippen MR) is 157 cm³/mol. The summed E-state index contributed by atoms with van der Waals surface area (Å²) in [6.45, 7) is 8.41. The maximum Gasteiger partial charge on any atom is 0.116 e. The first-order valence-electron chi connectivity index (χ1n) is 13.5. The topological polar surface area (TPSA) is 125 Å². The van der Waals surface area contributed by atoms with Gasteiger partial charge >= 0.3 is 0 Å². The lowest BCUT2D eigenvalue weighted by Crippen LogP contribution is -2.28. The highest BCUT2D eigenvalue weighted by Gasteiger charge is 2.17. The highest BCUT2D eigenvalue weighted by Crippen LogP contribution is 2.33. The van der Waals surface area contributed by atoms with Gasteiger partial charge < -0.3 is 20.2 Å². The molecule has 1 aliphatic heterocycles. The molecule has 1 aliphatic rings. The van der Waals surface area contributed by atoms with Crippen molar-refractivity contribution in [3.8, 4) is 28.3 Å². The summed E-state index contributed by atoms with van der Waals surface area (Å²) in [5.41, 5.74) is 9.09. The lowest BCUT2D eigenvalue weighted by atomic mass is 9.93. The van der Waals surface area contributed by atoms with Crippen molar-refractivity contribution in [1.29, 1.82) is 0 Å². The van der Waals surface area contributed by atoms with E-state index in [4.69, 9.17) is 4.98 Å². The molecular formula is C30H30N10. The second kappa shape index (κ2) is 10.0. The predicted octanol–water partition coefficient (Wildman–Crippen LogP) is 5.37. The van der Waals surface area contributed by atoms with Crippen LogP contribution in [-0.4, -0.2) is 52.8 Å². The van der Waals surface area contributed by atoms with E-state index in [1.54, 1.807) is 6.33 Å². The number of imidazole rings is 1. The molecule has 0 unspecified atom stereocenters. The first-order chi connectivity index (χ1) is 19.6. The highest BCUT2D eigenvalue weighted by atomic mass is 15.1. The van der Waals surface area contributed by atoms with E-state index in [0.29, 0.717) is 5.92 Å². The Balaban J connectivity index is 1.19. The summed E-state index contributed by atoms with van der Waals surface area (Å²) >= 11 is 0. The molecule has 40 heavy (non-hydrogen) atoms. The summed E-state index contributed by atoms with van der Waals surface area (Å²) in [5.74, 6) is 0.668. The molecule has 0 aliphatic carbocycles. The van der Waals surface area contributed by atoms with Crippen LogP contribution in [0.15, 0.2) is 74.0 Å². The number of rotatable bonds is 7. The molecule has 0 bridgehead atoms. The first kappa shape index (κ1) is 24.2. The van der Waals surface area contributed by atoms with E-state index in [2.05, 4.69) is 65.5 Å². The smallest absolute Gasteiger partial charge is 0.116 e. The fraction of sp³-hybridized carbons (Fsp3) is 0.233. The fourth-order valence-corrected chi connectivity index (χ4v) is 5.54. The van der Waals surface area contributed by atoms with Gasteiger partial charge in [-0.1, -0.05) is 6.58 Å². The third-order valence-corrected chi connectivity index (χ3v) is 7.57. The van der Waals surface area contributed by atoms with Crippen molar-refractivity contribution in [2.24, 2.45) is 5.92 Å². The van der Waals surface area contributed by atoms with Gasteiger partial charge in [-0.2, -0.15) is 5.10 Å². The molecule has 6 aromatic heterocycles. The number of aromatic nitrogens is 8. The van der Waals surface area contributed by atoms with Crippen LogP contribution >= 0.6 is 0 Å². The summed E-state index contributed by atoms with van der Waals surface area (Å²) < 4.78 is 1.99. The number of pyridine rings is 3. The average Bonchev–Trinajstić information content (AvgIpc) is 3.71. The van der Waals surface area contributed by atoms with Crippen LogP contribution in [0, 0.1) is 12.8 Å². The Morgan fingerprint density at radius 1 is 1.00 bits per heavy atom. The molecule has 4 N–H and O–H groups in total. The molecule has 0 aromatic carbocycles. The van der Waals surface area contributed by atoms with Crippen LogP contribution in [0.5, 0.6) is 0 Å². The van der Waals surface area contributed by atoms with Crippen LogP contribution in [0.2, 0.25) is 0 Å². The van der Waals surface area contributed by atoms with Crippen LogP contribution in [-0.2, 0) is 0 Å². The maximum atomic E-state index is 4.70. The maximum absolute atomic E-state index is 4.70. The molecule has 6 aromatic rings. The minimum atomic E-state index is 0.668. The van der Waals surface area contributed by atoms with Crippen LogP contribution in [0.4, 0.5) is 5.69 Å². The van der Waals surface area contributed by atoms with Gasteiger partial charge in [0.2, 0.25) is 0 Å².